The second-order valence-corrected chi connectivity index (χ2v) is 7.56. The fourth-order valence-electron chi connectivity index (χ4n) is 3.30. The van der Waals surface area contributed by atoms with Gasteiger partial charge in [0.15, 0.2) is 0 Å². The molecule has 0 unspecified atom stereocenters. The van der Waals surface area contributed by atoms with Crippen molar-refractivity contribution in [1.29, 1.82) is 0 Å². The smallest absolute Gasteiger partial charge is 0.223 e. The summed E-state index contributed by atoms with van der Waals surface area (Å²) in [6.07, 6.45) is 3.51. The first-order valence-corrected chi connectivity index (χ1v) is 9.00. The van der Waals surface area contributed by atoms with Crippen LogP contribution in [0.5, 0.6) is 0 Å². The van der Waals surface area contributed by atoms with Crippen molar-refractivity contribution in [3.05, 3.63) is 45.5 Å². The molecule has 0 bridgehead atoms. The zero-order valence-electron chi connectivity index (χ0n) is 12.9. The number of aryl methyl sites for hydroxylation is 1. The Morgan fingerprint density at radius 3 is 3.09 bits per heavy atom. The van der Waals surface area contributed by atoms with Crippen LogP contribution < -0.4 is 0 Å². The number of nitrogens with zero attached hydrogens (tertiary/aromatic N) is 1. The molecule has 0 N–H and O–H groups in total. The molecule has 0 spiro atoms. The first kappa shape index (κ1) is 14.1. The van der Waals surface area contributed by atoms with E-state index in [0.717, 1.165) is 36.9 Å². The molecule has 1 fully saturated rings. The zero-order chi connectivity index (χ0) is 15.1. The predicted molar refractivity (Wildman–Crippen MR) is 87.0 cm³/mol. The lowest BCUT2D eigenvalue weighted by molar-refractivity contribution is -0.132. The number of thiophene rings is 1. The first-order valence-electron chi connectivity index (χ1n) is 8.12. The van der Waals surface area contributed by atoms with E-state index >= 15 is 0 Å². The monoisotopic (exact) mass is 315 g/mol. The number of hydrogen-bond donors (Lipinski definition) is 0. The molecular weight excluding hydrogens is 294 g/mol. The molecule has 0 radical (unpaired) electrons. The van der Waals surface area contributed by atoms with Crippen molar-refractivity contribution in [2.24, 2.45) is 5.92 Å². The van der Waals surface area contributed by atoms with Gasteiger partial charge in [0.1, 0.15) is 11.5 Å². The Morgan fingerprint density at radius 2 is 2.27 bits per heavy atom. The lowest BCUT2D eigenvalue weighted by Gasteiger charge is -2.27. The Kier molecular flexibility index (Phi) is 3.57. The minimum absolute atomic E-state index is 0.245. The number of fused-ring (bicyclic) bond motifs is 1. The van der Waals surface area contributed by atoms with Gasteiger partial charge in [-0.1, -0.05) is 6.92 Å². The molecule has 0 aromatic carbocycles. The minimum Gasteiger partial charge on any atom is -0.466 e. The molecule has 22 heavy (non-hydrogen) atoms. The fourth-order valence-corrected chi connectivity index (χ4v) is 4.19. The quantitative estimate of drug-likeness (QED) is 0.855. The highest BCUT2D eigenvalue weighted by Gasteiger charge is 2.36. The number of amides is 1. The first-order chi connectivity index (χ1) is 10.7. The SMILES string of the molecule is C[C@@H]1C[C@@H]1c1ccc(CCC(=O)N2CCc3sccc3C2)o1. The van der Waals surface area contributed by atoms with Gasteiger partial charge in [-0.05, 0) is 47.9 Å². The molecule has 4 heteroatoms. The molecule has 2 aromatic heterocycles. The van der Waals surface area contributed by atoms with Crippen LogP contribution in [0.15, 0.2) is 28.0 Å². The summed E-state index contributed by atoms with van der Waals surface area (Å²) in [5.74, 6) is 3.68. The molecule has 1 aliphatic heterocycles. The van der Waals surface area contributed by atoms with E-state index in [1.807, 2.05) is 22.3 Å². The van der Waals surface area contributed by atoms with Crippen LogP contribution >= 0.6 is 11.3 Å². The highest BCUT2D eigenvalue weighted by molar-refractivity contribution is 7.10. The molecule has 1 saturated carbocycles. The highest BCUT2D eigenvalue weighted by atomic mass is 32.1. The Balaban J connectivity index is 1.32. The molecule has 3 nitrogen and oxygen atoms in total. The van der Waals surface area contributed by atoms with Crippen LogP contribution in [0.3, 0.4) is 0 Å². The summed E-state index contributed by atoms with van der Waals surface area (Å²) < 4.78 is 5.89. The lowest BCUT2D eigenvalue weighted by Crippen LogP contribution is -2.35. The van der Waals surface area contributed by atoms with E-state index in [1.54, 1.807) is 0 Å². The second-order valence-electron chi connectivity index (χ2n) is 6.56. The van der Waals surface area contributed by atoms with Crippen LogP contribution in [0, 0.1) is 5.92 Å². The molecule has 4 rings (SSSR count). The van der Waals surface area contributed by atoms with Gasteiger partial charge < -0.3 is 9.32 Å². The van der Waals surface area contributed by atoms with Gasteiger partial charge in [-0.3, -0.25) is 4.79 Å². The predicted octanol–water partition coefficient (Wildman–Crippen LogP) is 3.98. The van der Waals surface area contributed by atoms with E-state index in [9.17, 15) is 4.79 Å². The molecule has 2 aliphatic rings. The normalized spacial score (nSPS) is 23.4. The molecule has 2 atom stereocenters. The van der Waals surface area contributed by atoms with Crippen molar-refractivity contribution >= 4 is 17.2 Å². The van der Waals surface area contributed by atoms with Gasteiger partial charge in [0.05, 0.1) is 0 Å². The topological polar surface area (TPSA) is 33.5 Å². The van der Waals surface area contributed by atoms with Gasteiger partial charge in [0.25, 0.3) is 0 Å². The molecule has 1 amide bonds. The zero-order valence-corrected chi connectivity index (χ0v) is 13.7. The second kappa shape index (κ2) is 5.58. The fraction of sp³-hybridized carbons (Fsp3) is 0.500. The average Bonchev–Trinajstić information content (AvgIpc) is 2.97. The number of carbonyl (C=O) groups is 1. The van der Waals surface area contributed by atoms with Crippen LogP contribution in [-0.4, -0.2) is 17.4 Å². The number of hydrogen-bond acceptors (Lipinski definition) is 3. The third-order valence-electron chi connectivity index (χ3n) is 4.90. The van der Waals surface area contributed by atoms with Gasteiger partial charge in [-0.25, -0.2) is 0 Å². The van der Waals surface area contributed by atoms with Crippen LogP contribution in [0.25, 0.3) is 0 Å². The van der Waals surface area contributed by atoms with Crippen LogP contribution in [-0.2, 0) is 24.2 Å². The largest absolute Gasteiger partial charge is 0.466 e. The van der Waals surface area contributed by atoms with Crippen molar-refractivity contribution in [3.63, 3.8) is 0 Å². The van der Waals surface area contributed by atoms with Gasteiger partial charge in [0, 0.05) is 36.7 Å². The van der Waals surface area contributed by atoms with Gasteiger partial charge in [-0.15, -0.1) is 11.3 Å². The maximum Gasteiger partial charge on any atom is 0.223 e. The van der Waals surface area contributed by atoms with Crippen molar-refractivity contribution in [1.82, 2.24) is 4.90 Å². The van der Waals surface area contributed by atoms with Crippen molar-refractivity contribution in [2.45, 2.75) is 45.1 Å². The third kappa shape index (κ3) is 2.72. The Morgan fingerprint density at radius 1 is 1.41 bits per heavy atom. The summed E-state index contributed by atoms with van der Waals surface area (Å²) in [7, 11) is 0. The number of carbonyl (C=O) groups excluding carboxylic acids is 1. The summed E-state index contributed by atoms with van der Waals surface area (Å²) >= 11 is 1.81. The standard InChI is InChI=1S/C18H21NO2S/c1-12-10-15(12)16-4-2-14(21-16)3-5-18(20)19-8-6-17-13(11-19)7-9-22-17/h2,4,7,9,12,15H,3,5-6,8,10-11H2,1H3/t12-,15+/m1/s1. The Bertz CT molecular complexity index is 687. The van der Waals surface area contributed by atoms with E-state index in [4.69, 9.17) is 4.42 Å². The average molecular weight is 315 g/mol. The van der Waals surface area contributed by atoms with Crippen LogP contribution in [0.4, 0.5) is 0 Å². The summed E-state index contributed by atoms with van der Waals surface area (Å²) in [5.41, 5.74) is 1.33. The minimum atomic E-state index is 0.245. The third-order valence-corrected chi connectivity index (χ3v) is 5.93. The van der Waals surface area contributed by atoms with Crippen molar-refractivity contribution in [3.8, 4) is 0 Å². The van der Waals surface area contributed by atoms with Gasteiger partial charge >= 0.3 is 0 Å². The summed E-state index contributed by atoms with van der Waals surface area (Å²) in [6.45, 7) is 3.89. The van der Waals surface area contributed by atoms with E-state index < -0.39 is 0 Å². The van der Waals surface area contributed by atoms with E-state index in [-0.39, 0.29) is 5.91 Å². The van der Waals surface area contributed by atoms with Gasteiger partial charge in [0.2, 0.25) is 5.91 Å². The van der Waals surface area contributed by atoms with E-state index in [0.29, 0.717) is 18.8 Å². The molecule has 2 aromatic rings. The molecule has 1 aliphatic carbocycles. The molecule has 116 valence electrons. The number of rotatable bonds is 4. The Labute approximate surface area is 134 Å². The van der Waals surface area contributed by atoms with Crippen LogP contribution in [0.2, 0.25) is 0 Å². The molecular formula is C18H21NO2S. The maximum atomic E-state index is 12.4. The highest BCUT2D eigenvalue weighted by Crippen LogP contribution is 2.47. The number of furan rings is 1. The summed E-state index contributed by atoms with van der Waals surface area (Å²) in [4.78, 5) is 15.8. The van der Waals surface area contributed by atoms with Crippen LogP contribution in [0.1, 0.15) is 47.6 Å². The van der Waals surface area contributed by atoms with Crippen molar-refractivity contribution in [2.75, 3.05) is 6.54 Å². The molecule has 3 heterocycles. The maximum absolute atomic E-state index is 12.4. The Hall–Kier alpha value is -1.55. The van der Waals surface area contributed by atoms with Gasteiger partial charge in [-0.2, -0.15) is 0 Å². The lowest BCUT2D eigenvalue weighted by atomic mass is 10.1. The summed E-state index contributed by atoms with van der Waals surface area (Å²) in [6, 6.07) is 6.28. The van der Waals surface area contributed by atoms with Crippen molar-refractivity contribution < 1.29 is 9.21 Å². The molecule has 0 saturated heterocycles. The van der Waals surface area contributed by atoms with E-state index in [2.05, 4.69) is 24.4 Å². The summed E-state index contributed by atoms with van der Waals surface area (Å²) in [5, 5.41) is 2.13. The van der Waals surface area contributed by atoms with E-state index in [1.165, 1.54) is 16.9 Å².